The molecule has 172 valence electrons. The Morgan fingerprint density at radius 1 is 0.357 bits per heavy atom. The monoisotopic (exact) mass is 526 g/mol. The van der Waals surface area contributed by atoms with Gasteiger partial charge in [-0.2, -0.15) is 7.20 Å². The summed E-state index contributed by atoms with van der Waals surface area (Å²) in [5.74, 6) is 4.68. The third kappa shape index (κ3) is 20.4. The zero-order valence-corrected chi connectivity index (χ0v) is 23.0. The fourth-order valence-electron chi connectivity index (χ4n) is 4.08. The van der Waals surface area contributed by atoms with E-state index >= 15 is 0 Å². The summed E-state index contributed by atoms with van der Waals surface area (Å²) in [6.45, 7) is 6.96. The lowest BCUT2D eigenvalue weighted by Crippen LogP contribution is -2.08. The first-order valence-corrected chi connectivity index (χ1v) is 17.8. The Bertz CT molecular complexity index is 276. The number of hydrogen-bond donors (Lipinski definition) is 0. The lowest BCUT2D eigenvalue weighted by atomic mass is 10.1. The molecule has 0 aliphatic rings. The quantitative estimate of drug-likeness (QED) is 0.0917. The van der Waals surface area contributed by atoms with Gasteiger partial charge < -0.3 is 0 Å². The van der Waals surface area contributed by atoms with Crippen LogP contribution in [0.25, 0.3) is 0 Å². The number of unbranched alkanes of at least 4 members (excludes halogenated alkanes) is 17. The van der Waals surface area contributed by atoms with E-state index in [1.165, 1.54) is 128 Å². The third-order valence-electron chi connectivity index (χ3n) is 6.09. The first kappa shape index (κ1) is 29.1. The van der Waals surface area contributed by atoms with E-state index in [1.54, 1.807) is 17.3 Å². The zero-order chi connectivity index (χ0) is 20.8. The number of halogens is 1. The van der Waals surface area contributed by atoms with Crippen LogP contribution in [-0.4, -0.2) is 17.3 Å². The molecule has 0 aromatic rings. The van der Waals surface area contributed by atoms with E-state index in [0.29, 0.717) is 0 Å². The van der Waals surface area contributed by atoms with Crippen LogP contribution in [0.15, 0.2) is 0 Å². The third-order valence-corrected chi connectivity index (χ3v) is 13.1. The lowest BCUT2D eigenvalue weighted by Gasteiger charge is -2.34. The molecule has 28 heavy (non-hydrogen) atoms. The second-order valence-corrected chi connectivity index (χ2v) is 17.8. The summed E-state index contributed by atoms with van der Waals surface area (Å²) in [5, 5.41) is 0. The molecule has 0 aliphatic heterocycles. The Morgan fingerprint density at radius 3 is 0.821 bits per heavy atom. The van der Waals surface area contributed by atoms with Gasteiger partial charge in [0.15, 0.2) is 0 Å². The van der Waals surface area contributed by atoms with Crippen molar-refractivity contribution in [3.05, 3.63) is 0 Å². The van der Waals surface area contributed by atoms with Crippen molar-refractivity contribution in [3.8, 4) is 0 Å². The van der Waals surface area contributed by atoms with Crippen molar-refractivity contribution in [1.82, 2.24) is 0 Å². The molecule has 0 spiro atoms. The molecule has 0 aliphatic carbocycles. The van der Waals surface area contributed by atoms with Gasteiger partial charge in [0.2, 0.25) is 0 Å². The van der Waals surface area contributed by atoms with Crippen molar-refractivity contribution in [2.75, 3.05) is 17.3 Å². The van der Waals surface area contributed by atoms with E-state index in [9.17, 15) is 0 Å². The van der Waals surface area contributed by atoms with Crippen LogP contribution in [0.3, 0.4) is 0 Å². The van der Waals surface area contributed by atoms with E-state index in [4.69, 9.17) is 0 Å². The van der Waals surface area contributed by atoms with Gasteiger partial charge in [-0.25, -0.2) is 0 Å². The van der Waals surface area contributed by atoms with Crippen molar-refractivity contribution < 1.29 is 0 Å². The first-order valence-electron chi connectivity index (χ1n) is 13.1. The van der Waals surface area contributed by atoms with Gasteiger partial charge in [0, 0.05) is 0 Å². The average molecular weight is 527 g/mol. The topological polar surface area (TPSA) is 0 Å². The maximum absolute atomic E-state index is 2.97. The van der Waals surface area contributed by atoms with Gasteiger partial charge in [0.1, 0.15) is 0 Å². The summed E-state index contributed by atoms with van der Waals surface area (Å²) in [5.41, 5.74) is 0. The van der Waals surface area contributed by atoms with Crippen LogP contribution in [0.5, 0.6) is 0 Å². The number of hydrogen-bond acceptors (Lipinski definition) is 0. The molecule has 0 rings (SSSR count). The molecule has 0 saturated carbocycles. The molecule has 0 saturated heterocycles. The molecule has 0 fully saturated rings. The minimum Gasteiger partial charge on any atom is -0.187 e. The Balaban J connectivity index is 4.01. The summed E-state index contributed by atoms with van der Waals surface area (Å²) in [4.78, 5) is 0. The molecule has 2 heteroatoms. The smallest absolute Gasteiger partial charge is 0.0144 e. The van der Waals surface area contributed by atoms with Gasteiger partial charge in [0.05, 0.1) is 0 Å². The fraction of sp³-hybridized carbons (Fsp3) is 1.00. The first-order chi connectivity index (χ1) is 13.7. The van der Waals surface area contributed by atoms with Crippen LogP contribution in [0.2, 0.25) is 0 Å². The average Bonchev–Trinajstić information content (AvgIpc) is 2.69. The van der Waals surface area contributed by atoms with Gasteiger partial charge in [0.25, 0.3) is 0 Å². The van der Waals surface area contributed by atoms with Crippen molar-refractivity contribution in [1.29, 1.82) is 0 Å². The van der Waals surface area contributed by atoms with Crippen molar-refractivity contribution >= 4 is 28.4 Å². The van der Waals surface area contributed by atoms with Gasteiger partial charge in [-0.1, -0.05) is 130 Å². The van der Waals surface area contributed by atoms with Crippen molar-refractivity contribution in [3.63, 3.8) is 0 Å². The highest BCUT2D eigenvalue weighted by Gasteiger charge is 2.19. The van der Waals surface area contributed by atoms with Gasteiger partial charge in [-0.15, -0.1) is 0 Å². The summed E-state index contributed by atoms with van der Waals surface area (Å²) < 4.78 is 0. The molecule has 0 unspecified atom stereocenters. The summed E-state index contributed by atoms with van der Waals surface area (Å²) in [6, 6.07) is 0. The van der Waals surface area contributed by atoms with E-state index in [2.05, 4.69) is 42.0 Å². The second-order valence-electron chi connectivity index (χ2n) is 9.06. The van der Waals surface area contributed by atoms with Gasteiger partial charge >= 0.3 is 0 Å². The SMILES string of the molecule is CCCCCCCCCCS(I)(CCCCCCCC)CCCCCCCC. The lowest BCUT2D eigenvalue weighted by molar-refractivity contribution is 0.586. The van der Waals surface area contributed by atoms with Crippen LogP contribution < -0.4 is 0 Å². The highest BCUT2D eigenvalue weighted by molar-refractivity contribution is 14.2. The predicted octanol–water partition coefficient (Wildman–Crippen LogP) is 11.0. The normalized spacial score (nSPS) is 12.6. The highest BCUT2D eigenvalue weighted by atomic mass is 127. The van der Waals surface area contributed by atoms with Crippen LogP contribution in [0.4, 0.5) is 0 Å². The molecule has 0 aromatic heterocycles. The fourth-order valence-corrected chi connectivity index (χ4v) is 9.66. The molecular weight excluding hydrogens is 471 g/mol. The molecule has 0 nitrogen and oxygen atoms in total. The highest BCUT2D eigenvalue weighted by Crippen LogP contribution is 2.58. The molecule has 0 N–H and O–H groups in total. The standard InChI is InChI=1S/C26H55IS/c1-4-7-10-13-16-17-20-23-26-28(27,24-21-18-14-11-8-5-2)25-22-19-15-12-9-6-3/h4-26H2,1-3H3. The minimum absolute atomic E-state index is 0.356. The summed E-state index contributed by atoms with van der Waals surface area (Å²) in [7, 11) is -0.356. The largest absolute Gasteiger partial charge is 0.187 e. The Kier molecular flexibility index (Phi) is 23.6. The van der Waals surface area contributed by atoms with E-state index in [-0.39, 0.29) is 7.20 Å². The minimum atomic E-state index is -0.356. The predicted molar refractivity (Wildman–Crippen MR) is 146 cm³/mol. The molecule has 0 heterocycles. The van der Waals surface area contributed by atoms with Crippen LogP contribution in [0.1, 0.15) is 149 Å². The van der Waals surface area contributed by atoms with E-state index in [0.717, 1.165) is 0 Å². The summed E-state index contributed by atoms with van der Waals surface area (Å²) >= 11 is 2.97. The van der Waals surface area contributed by atoms with Crippen LogP contribution in [-0.2, 0) is 0 Å². The van der Waals surface area contributed by atoms with Crippen LogP contribution in [0, 0.1) is 0 Å². The molecule has 0 radical (unpaired) electrons. The summed E-state index contributed by atoms with van der Waals surface area (Å²) in [6.07, 6.45) is 29.3. The molecular formula is C26H55IS. The van der Waals surface area contributed by atoms with E-state index in [1.807, 2.05) is 0 Å². The van der Waals surface area contributed by atoms with Gasteiger partial charge in [-0.3, -0.25) is 0 Å². The second kappa shape index (κ2) is 22.8. The van der Waals surface area contributed by atoms with E-state index < -0.39 is 0 Å². The molecule has 0 bridgehead atoms. The zero-order valence-electron chi connectivity index (χ0n) is 20.0. The Hall–Kier alpha value is 1.08. The van der Waals surface area contributed by atoms with Crippen molar-refractivity contribution in [2.24, 2.45) is 0 Å². The number of rotatable bonds is 23. The van der Waals surface area contributed by atoms with Gasteiger partial charge in [-0.05, 0) is 57.7 Å². The molecule has 0 amide bonds. The maximum atomic E-state index is 2.97. The molecule has 0 aromatic carbocycles. The Labute approximate surface area is 194 Å². The molecule has 0 atom stereocenters. The Morgan fingerprint density at radius 2 is 0.571 bits per heavy atom. The van der Waals surface area contributed by atoms with Crippen molar-refractivity contribution in [2.45, 2.75) is 149 Å². The maximum Gasteiger partial charge on any atom is -0.0144 e. The van der Waals surface area contributed by atoms with Crippen LogP contribution >= 0.6 is 28.4 Å².